The van der Waals surface area contributed by atoms with E-state index in [-0.39, 0.29) is 30.3 Å². The molecule has 144 valence electrons. The van der Waals surface area contributed by atoms with Gasteiger partial charge < -0.3 is 21.1 Å². The number of hydrogen-bond acceptors (Lipinski definition) is 4. The number of carbonyl (C=O) groups excluding carboxylic acids is 2. The molecule has 6 nitrogen and oxygen atoms in total. The zero-order valence-corrected chi connectivity index (χ0v) is 16.3. The Bertz CT molecular complexity index is 673. The van der Waals surface area contributed by atoms with Crippen molar-refractivity contribution in [3.63, 3.8) is 0 Å². The number of nitrogens with two attached hydrogens (primary N) is 1. The van der Waals surface area contributed by atoms with Crippen molar-refractivity contribution in [1.29, 1.82) is 0 Å². The van der Waals surface area contributed by atoms with E-state index in [0.29, 0.717) is 30.3 Å². The molecule has 2 saturated carbocycles. The number of anilines is 1. The van der Waals surface area contributed by atoms with Gasteiger partial charge in [0, 0.05) is 35.7 Å². The smallest absolute Gasteiger partial charge is 0.251 e. The lowest BCUT2D eigenvalue weighted by Crippen LogP contribution is -2.74. The van der Waals surface area contributed by atoms with Crippen LogP contribution in [0.5, 0.6) is 0 Å². The van der Waals surface area contributed by atoms with E-state index in [1.807, 2.05) is 20.8 Å². The molecule has 2 atom stereocenters. The van der Waals surface area contributed by atoms with Gasteiger partial charge in [0.15, 0.2) is 0 Å². The molecule has 26 heavy (non-hydrogen) atoms. The molecule has 1 aromatic rings. The third-order valence-electron chi connectivity index (χ3n) is 5.55. The van der Waals surface area contributed by atoms with E-state index in [9.17, 15) is 9.59 Å². The van der Waals surface area contributed by atoms with Crippen molar-refractivity contribution < 1.29 is 14.3 Å². The highest BCUT2D eigenvalue weighted by Crippen LogP contribution is 2.50. The van der Waals surface area contributed by atoms with E-state index >= 15 is 0 Å². The predicted molar refractivity (Wildman–Crippen MR) is 104 cm³/mol. The highest BCUT2D eigenvalue weighted by Gasteiger charge is 2.62. The number of nitrogens with one attached hydrogen (secondary N) is 2. The monoisotopic (exact) mass is 381 g/mol. The van der Waals surface area contributed by atoms with Crippen molar-refractivity contribution in [2.45, 2.75) is 57.7 Å². The molecule has 0 bridgehead atoms. The highest BCUT2D eigenvalue weighted by molar-refractivity contribution is 6.00. The van der Waals surface area contributed by atoms with Gasteiger partial charge in [0.1, 0.15) is 5.54 Å². The Balaban J connectivity index is 0.00000243. The average Bonchev–Trinajstić information content (AvgIpc) is 3.39. The molecule has 2 aliphatic carbocycles. The van der Waals surface area contributed by atoms with Gasteiger partial charge in [-0.15, -0.1) is 12.4 Å². The third-order valence-corrected chi connectivity index (χ3v) is 5.55. The van der Waals surface area contributed by atoms with E-state index < -0.39 is 11.0 Å². The topological polar surface area (TPSA) is 93.4 Å². The number of amides is 2. The van der Waals surface area contributed by atoms with Crippen LogP contribution in [0.1, 0.15) is 50.4 Å². The largest absolute Gasteiger partial charge is 0.378 e. The van der Waals surface area contributed by atoms with Gasteiger partial charge in [-0.05, 0) is 44.0 Å². The molecule has 0 heterocycles. The summed E-state index contributed by atoms with van der Waals surface area (Å²) < 4.78 is 5.66. The van der Waals surface area contributed by atoms with Gasteiger partial charge >= 0.3 is 0 Å². The minimum atomic E-state index is -0.963. The van der Waals surface area contributed by atoms with Crippen LogP contribution in [-0.4, -0.2) is 36.1 Å². The second-order valence-electron chi connectivity index (χ2n) is 7.62. The van der Waals surface area contributed by atoms with Crippen molar-refractivity contribution in [1.82, 2.24) is 5.32 Å². The van der Waals surface area contributed by atoms with Crippen LogP contribution in [-0.2, 0) is 9.53 Å². The fourth-order valence-electron chi connectivity index (χ4n) is 3.26. The van der Waals surface area contributed by atoms with Crippen molar-refractivity contribution in [3.8, 4) is 0 Å². The Morgan fingerprint density at radius 3 is 2.35 bits per heavy atom. The predicted octanol–water partition coefficient (Wildman–Crippen LogP) is 2.47. The number of rotatable bonds is 6. The van der Waals surface area contributed by atoms with Crippen LogP contribution in [0.3, 0.4) is 0 Å². The fraction of sp³-hybridized carbons (Fsp3) is 0.579. The van der Waals surface area contributed by atoms with Crippen LogP contribution in [0.2, 0.25) is 0 Å². The van der Waals surface area contributed by atoms with Gasteiger partial charge in [-0.3, -0.25) is 9.59 Å². The molecular formula is C19H28ClN3O3. The van der Waals surface area contributed by atoms with E-state index in [2.05, 4.69) is 10.6 Å². The maximum atomic E-state index is 12.7. The standard InChI is InChI=1S/C19H27N3O3.ClH/c1-4-25-15-11-19(20,18(15,2)3)17(24)22-14-7-5-12(6-8-14)16(23)21-13-9-10-13;/h5-8,13,15H,4,9-11,20H2,1-3H3,(H,21,23)(H,22,24);1H. The van der Waals surface area contributed by atoms with Gasteiger partial charge in [0.25, 0.3) is 5.91 Å². The zero-order valence-electron chi connectivity index (χ0n) is 15.5. The highest BCUT2D eigenvalue weighted by atomic mass is 35.5. The third kappa shape index (κ3) is 3.72. The van der Waals surface area contributed by atoms with Gasteiger partial charge in [-0.25, -0.2) is 0 Å². The molecule has 2 aliphatic rings. The molecule has 0 aromatic heterocycles. The van der Waals surface area contributed by atoms with E-state index in [1.54, 1.807) is 24.3 Å². The Kier molecular flexibility index (Phi) is 6.00. The summed E-state index contributed by atoms with van der Waals surface area (Å²) >= 11 is 0. The maximum absolute atomic E-state index is 12.7. The quantitative estimate of drug-likeness (QED) is 0.705. The van der Waals surface area contributed by atoms with Crippen molar-refractivity contribution in [3.05, 3.63) is 29.8 Å². The molecule has 0 radical (unpaired) electrons. The van der Waals surface area contributed by atoms with Crippen molar-refractivity contribution in [2.75, 3.05) is 11.9 Å². The SMILES string of the molecule is CCOC1CC(N)(C(=O)Nc2ccc(C(=O)NC3CC3)cc2)C1(C)C.Cl. The van der Waals surface area contributed by atoms with E-state index in [1.165, 1.54) is 0 Å². The van der Waals surface area contributed by atoms with Crippen molar-refractivity contribution >= 4 is 29.9 Å². The van der Waals surface area contributed by atoms with Crippen LogP contribution >= 0.6 is 12.4 Å². The molecule has 0 aliphatic heterocycles. The molecule has 4 N–H and O–H groups in total. The van der Waals surface area contributed by atoms with Gasteiger partial charge in [0.2, 0.25) is 5.91 Å². The molecule has 7 heteroatoms. The Morgan fingerprint density at radius 2 is 1.85 bits per heavy atom. The number of carbonyl (C=O) groups is 2. The van der Waals surface area contributed by atoms with Crippen LogP contribution < -0.4 is 16.4 Å². The van der Waals surface area contributed by atoms with Crippen LogP contribution in [0.15, 0.2) is 24.3 Å². The van der Waals surface area contributed by atoms with Crippen LogP contribution in [0.4, 0.5) is 5.69 Å². The van der Waals surface area contributed by atoms with Gasteiger partial charge in [-0.1, -0.05) is 13.8 Å². The van der Waals surface area contributed by atoms with Crippen molar-refractivity contribution in [2.24, 2.45) is 11.1 Å². The second-order valence-corrected chi connectivity index (χ2v) is 7.62. The molecule has 0 spiro atoms. The summed E-state index contributed by atoms with van der Waals surface area (Å²) in [7, 11) is 0. The molecule has 3 rings (SSSR count). The first-order valence-electron chi connectivity index (χ1n) is 8.91. The molecule has 1 aromatic carbocycles. The summed E-state index contributed by atoms with van der Waals surface area (Å²) in [4.78, 5) is 24.7. The number of hydrogen-bond donors (Lipinski definition) is 3. The maximum Gasteiger partial charge on any atom is 0.251 e. The van der Waals surface area contributed by atoms with E-state index in [0.717, 1.165) is 12.8 Å². The lowest BCUT2D eigenvalue weighted by molar-refractivity contribution is -0.166. The molecule has 2 unspecified atom stereocenters. The summed E-state index contributed by atoms with van der Waals surface area (Å²) in [5.41, 5.74) is 6.20. The lowest BCUT2D eigenvalue weighted by Gasteiger charge is -2.57. The fourth-order valence-corrected chi connectivity index (χ4v) is 3.26. The summed E-state index contributed by atoms with van der Waals surface area (Å²) in [6, 6.07) is 7.21. The molecule has 2 amide bonds. The number of ether oxygens (including phenoxy) is 1. The summed E-state index contributed by atoms with van der Waals surface area (Å²) in [6.07, 6.45) is 2.59. The normalized spacial score (nSPS) is 26.2. The van der Waals surface area contributed by atoms with Gasteiger partial charge in [-0.2, -0.15) is 0 Å². The van der Waals surface area contributed by atoms with Gasteiger partial charge in [0.05, 0.1) is 6.10 Å². The second kappa shape index (κ2) is 7.55. The minimum Gasteiger partial charge on any atom is -0.378 e. The Labute approximate surface area is 160 Å². The minimum absolute atomic E-state index is 0. The first-order valence-corrected chi connectivity index (χ1v) is 8.91. The molecule has 2 fully saturated rings. The van der Waals surface area contributed by atoms with E-state index in [4.69, 9.17) is 10.5 Å². The lowest BCUT2D eigenvalue weighted by atomic mass is 9.54. The summed E-state index contributed by atoms with van der Waals surface area (Å²) in [5, 5.41) is 5.81. The zero-order chi connectivity index (χ0) is 18.2. The average molecular weight is 382 g/mol. The summed E-state index contributed by atoms with van der Waals surface area (Å²) in [5.74, 6) is -0.293. The Morgan fingerprint density at radius 1 is 1.23 bits per heavy atom. The van der Waals surface area contributed by atoms with Crippen LogP contribution in [0, 0.1) is 5.41 Å². The van der Waals surface area contributed by atoms with Crippen LogP contribution in [0.25, 0.3) is 0 Å². The number of benzene rings is 1. The molecule has 0 saturated heterocycles. The summed E-state index contributed by atoms with van der Waals surface area (Å²) in [6.45, 7) is 6.47. The first-order chi connectivity index (χ1) is 11.8. The first kappa shape index (κ1) is 20.7. The Hall–Kier alpha value is -1.63. The number of halogens is 1. The molecular weight excluding hydrogens is 354 g/mol.